The molecule has 5 nitrogen and oxygen atoms in total. The van der Waals surface area contributed by atoms with E-state index in [4.69, 9.17) is 14.2 Å². The second kappa shape index (κ2) is 8.19. The maximum absolute atomic E-state index is 12.4. The lowest BCUT2D eigenvalue weighted by molar-refractivity contribution is -0.191. The minimum atomic E-state index is -0.466. The molecule has 150 valence electrons. The van der Waals surface area contributed by atoms with Crippen LogP contribution in [-0.4, -0.2) is 48.0 Å². The molecule has 0 aliphatic carbocycles. The summed E-state index contributed by atoms with van der Waals surface area (Å²) in [4.78, 5) is 14.2. The summed E-state index contributed by atoms with van der Waals surface area (Å²) < 4.78 is 18.2. The largest absolute Gasteiger partial charge is 0.444 e. The fourth-order valence-electron chi connectivity index (χ4n) is 4.11. The van der Waals surface area contributed by atoms with Gasteiger partial charge in [-0.3, -0.25) is 0 Å². The van der Waals surface area contributed by atoms with Crippen LogP contribution in [0.15, 0.2) is 30.3 Å². The van der Waals surface area contributed by atoms with Gasteiger partial charge in [-0.05, 0) is 46.1 Å². The van der Waals surface area contributed by atoms with Gasteiger partial charge in [0.25, 0.3) is 0 Å². The van der Waals surface area contributed by atoms with Crippen molar-refractivity contribution < 1.29 is 19.0 Å². The Balaban J connectivity index is 1.68. The first-order valence-electron chi connectivity index (χ1n) is 10.1. The molecule has 0 N–H and O–H groups in total. The monoisotopic (exact) mass is 375 g/mol. The predicted octanol–water partition coefficient (Wildman–Crippen LogP) is 4.71. The van der Waals surface area contributed by atoms with Gasteiger partial charge in [0.15, 0.2) is 0 Å². The highest BCUT2D eigenvalue weighted by molar-refractivity contribution is 5.68. The van der Waals surface area contributed by atoms with E-state index >= 15 is 0 Å². The van der Waals surface area contributed by atoms with E-state index in [9.17, 15) is 4.79 Å². The summed E-state index contributed by atoms with van der Waals surface area (Å²) in [6, 6.07) is 10.4. The minimum Gasteiger partial charge on any atom is -0.444 e. The SMILES string of the molecule is CCO[C@H]1C[C@@H](c2ccccc2)OC2(CCN(C(=O)OC(C)(C)C)CC2)C1. The van der Waals surface area contributed by atoms with E-state index in [1.54, 1.807) is 0 Å². The molecule has 2 aliphatic heterocycles. The molecule has 2 heterocycles. The Morgan fingerprint density at radius 1 is 1.22 bits per heavy atom. The molecule has 2 fully saturated rings. The van der Waals surface area contributed by atoms with Gasteiger partial charge in [-0.2, -0.15) is 0 Å². The number of piperidine rings is 1. The number of benzene rings is 1. The van der Waals surface area contributed by atoms with E-state index in [2.05, 4.69) is 24.3 Å². The Kier molecular flexibility index (Phi) is 6.11. The molecule has 1 aromatic rings. The van der Waals surface area contributed by atoms with E-state index < -0.39 is 5.60 Å². The molecule has 0 radical (unpaired) electrons. The third-order valence-corrected chi connectivity index (χ3v) is 5.37. The van der Waals surface area contributed by atoms with Crippen LogP contribution in [0.4, 0.5) is 4.79 Å². The lowest BCUT2D eigenvalue weighted by Gasteiger charge is -2.48. The molecular weight excluding hydrogens is 342 g/mol. The second-order valence-electron chi connectivity index (χ2n) is 8.68. The number of amides is 1. The van der Waals surface area contributed by atoms with Gasteiger partial charge in [0.05, 0.1) is 17.8 Å². The van der Waals surface area contributed by atoms with Crippen molar-refractivity contribution in [3.05, 3.63) is 35.9 Å². The number of likely N-dealkylation sites (tertiary alicyclic amines) is 1. The summed E-state index contributed by atoms with van der Waals surface area (Å²) >= 11 is 0. The first kappa shape index (κ1) is 20.2. The molecule has 1 amide bonds. The Bertz CT molecular complexity index is 617. The van der Waals surface area contributed by atoms with Crippen molar-refractivity contribution in [2.75, 3.05) is 19.7 Å². The summed E-state index contributed by atoms with van der Waals surface area (Å²) in [5.41, 5.74) is 0.513. The average Bonchev–Trinajstić information content (AvgIpc) is 2.61. The van der Waals surface area contributed by atoms with Gasteiger partial charge in [-0.15, -0.1) is 0 Å². The highest BCUT2D eigenvalue weighted by Gasteiger charge is 2.45. The third-order valence-electron chi connectivity index (χ3n) is 5.37. The molecule has 2 atom stereocenters. The van der Waals surface area contributed by atoms with E-state index in [1.807, 2.05) is 38.7 Å². The number of hydrogen-bond acceptors (Lipinski definition) is 4. The Hall–Kier alpha value is -1.59. The van der Waals surface area contributed by atoms with Crippen LogP contribution in [0.1, 0.15) is 65.0 Å². The van der Waals surface area contributed by atoms with Crippen LogP contribution in [-0.2, 0) is 14.2 Å². The van der Waals surface area contributed by atoms with Crippen molar-refractivity contribution in [2.45, 2.75) is 76.8 Å². The molecule has 0 aromatic heterocycles. The first-order valence-corrected chi connectivity index (χ1v) is 10.1. The van der Waals surface area contributed by atoms with E-state index in [1.165, 1.54) is 5.56 Å². The maximum Gasteiger partial charge on any atom is 0.410 e. The Morgan fingerprint density at radius 3 is 2.48 bits per heavy atom. The van der Waals surface area contributed by atoms with Crippen molar-refractivity contribution >= 4 is 6.09 Å². The number of carbonyl (C=O) groups is 1. The molecule has 5 heteroatoms. The van der Waals surface area contributed by atoms with Crippen molar-refractivity contribution in [3.63, 3.8) is 0 Å². The van der Waals surface area contributed by atoms with Crippen LogP contribution in [0.2, 0.25) is 0 Å². The number of ether oxygens (including phenoxy) is 3. The lowest BCUT2D eigenvalue weighted by Crippen LogP contribution is -2.53. The maximum atomic E-state index is 12.4. The van der Waals surface area contributed by atoms with Gasteiger partial charge in [-0.1, -0.05) is 30.3 Å². The van der Waals surface area contributed by atoms with Crippen molar-refractivity contribution in [1.29, 1.82) is 0 Å². The summed E-state index contributed by atoms with van der Waals surface area (Å²) in [5, 5.41) is 0. The Labute approximate surface area is 163 Å². The molecule has 1 aromatic carbocycles. The molecule has 3 rings (SSSR count). The van der Waals surface area contributed by atoms with Crippen LogP contribution in [0.5, 0.6) is 0 Å². The van der Waals surface area contributed by atoms with Gasteiger partial charge in [0.1, 0.15) is 5.60 Å². The van der Waals surface area contributed by atoms with Gasteiger partial charge >= 0.3 is 6.09 Å². The van der Waals surface area contributed by atoms with E-state index in [-0.39, 0.29) is 23.9 Å². The summed E-state index contributed by atoms with van der Waals surface area (Å²) in [5.74, 6) is 0. The molecule has 0 saturated carbocycles. The molecule has 1 spiro atoms. The van der Waals surface area contributed by atoms with E-state index in [0.29, 0.717) is 19.7 Å². The summed E-state index contributed by atoms with van der Waals surface area (Å²) in [6.07, 6.45) is 3.43. The van der Waals surface area contributed by atoms with Crippen LogP contribution >= 0.6 is 0 Å². The molecular formula is C22H33NO4. The normalized spacial score (nSPS) is 25.4. The first-order chi connectivity index (χ1) is 12.8. The zero-order valence-electron chi connectivity index (χ0n) is 17.1. The fourth-order valence-corrected chi connectivity index (χ4v) is 4.11. The third kappa shape index (κ3) is 5.23. The number of nitrogens with zero attached hydrogens (tertiary/aromatic N) is 1. The van der Waals surface area contributed by atoms with Crippen molar-refractivity contribution in [2.24, 2.45) is 0 Å². The van der Waals surface area contributed by atoms with Crippen LogP contribution < -0.4 is 0 Å². The van der Waals surface area contributed by atoms with Gasteiger partial charge in [0.2, 0.25) is 0 Å². The number of carbonyl (C=O) groups excluding carboxylic acids is 1. The number of hydrogen-bond donors (Lipinski definition) is 0. The van der Waals surface area contributed by atoms with Gasteiger partial charge < -0.3 is 19.1 Å². The Morgan fingerprint density at radius 2 is 1.89 bits per heavy atom. The predicted molar refractivity (Wildman–Crippen MR) is 105 cm³/mol. The summed E-state index contributed by atoms with van der Waals surface area (Å²) in [6.45, 7) is 9.79. The molecule has 27 heavy (non-hydrogen) atoms. The quantitative estimate of drug-likeness (QED) is 0.767. The standard InChI is InChI=1S/C22H33NO4/c1-5-25-18-15-19(17-9-7-6-8-10-17)26-22(16-18)11-13-23(14-12-22)20(24)27-21(2,3)4/h6-10,18-19H,5,11-16H2,1-4H3/t18-,19-/m0/s1. The van der Waals surface area contributed by atoms with Crippen LogP contribution in [0, 0.1) is 0 Å². The molecule has 2 saturated heterocycles. The zero-order chi connectivity index (χ0) is 19.5. The minimum absolute atomic E-state index is 0.0459. The van der Waals surface area contributed by atoms with Crippen molar-refractivity contribution in [1.82, 2.24) is 4.90 Å². The van der Waals surface area contributed by atoms with Crippen LogP contribution in [0.3, 0.4) is 0 Å². The highest BCUT2D eigenvalue weighted by atomic mass is 16.6. The van der Waals surface area contributed by atoms with Crippen LogP contribution in [0.25, 0.3) is 0 Å². The van der Waals surface area contributed by atoms with Crippen molar-refractivity contribution in [3.8, 4) is 0 Å². The zero-order valence-corrected chi connectivity index (χ0v) is 17.1. The topological polar surface area (TPSA) is 48.0 Å². The van der Waals surface area contributed by atoms with Gasteiger partial charge in [0, 0.05) is 32.5 Å². The number of rotatable bonds is 3. The highest BCUT2D eigenvalue weighted by Crippen LogP contribution is 2.44. The molecule has 0 bridgehead atoms. The second-order valence-corrected chi connectivity index (χ2v) is 8.68. The summed E-state index contributed by atoms with van der Waals surface area (Å²) in [7, 11) is 0. The fraction of sp³-hybridized carbons (Fsp3) is 0.682. The molecule has 0 unspecified atom stereocenters. The smallest absolute Gasteiger partial charge is 0.410 e. The lowest BCUT2D eigenvalue weighted by atomic mass is 9.81. The van der Waals surface area contributed by atoms with E-state index in [0.717, 1.165) is 25.7 Å². The van der Waals surface area contributed by atoms with Gasteiger partial charge in [-0.25, -0.2) is 4.79 Å². The average molecular weight is 376 g/mol. The molecule has 2 aliphatic rings.